The third kappa shape index (κ3) is 4.51. The molecule has 1 fully saturated rings. The van der Waals surface area contributed by atoms with Gasteiger partial charge in [0.1, 0.15) is 17.3 Å². The van der Waals surface area contributed by atoms with Gasteiger partial charge in [-0.25, -0.2) is 23.1 Å². The molecular weight excluding hydrogens is 408 g/mol. The molecule has 0 saturated carbocycles. The normalized spacial score (nSPS) is 15.0. The van der Waals surface area contributed by atoms with E-state index in [1.54, 1.807) is 0 Å². The van der Waals surface area contributed by atoms with Crippen molar-refractivity contribution in [2.24, 2.45) is 0 Å². The van der Waals surface area contributed by atoms with Crippen LogP contribution in [0.2, 0.25) is 0 Å². The minimum atomic E-state index is -3.76. The van der Waals surface area contributed by atoms with E-state index in [1.165, 1.54) is 19.2 Å². The van der Waals surface area contributed by atoms with Gasteiger partial charge in [0.15, 0.2) is 0 Å². The first-order chi connectivity index (χ1) is 14.1. The maximum atomic E-state index is 12.0. The number of rotatable bonds is 6. The van der Waals surface area contributed by atoms with Crippen molar-refractivity contribution in [3.8, 4) is 0 Å². The second-order valence-corrected chi connectivity index (χ2v) is 9.36. The van der Waals surface area contributed by atoms with Crippen molar-refractivity contribution in [2.75, 3.05) is 43.0 Å². The number of nitrogens with one attached hydrogen (secondary N) is 1. The van der Waals surface area contributed by atoms with E-state index in [4.69, 9.17) is 0 Å². The van der Waals surface area contributed by atoms with Crippen LogP contribution < -0.4 is 14.5 Å². The van der Waals surface area contributed by atoms with Gasteiger partial charge in [0.2, 0.25) is 10.0 Å². The maximum absolute atomic E-state index is 12.0. The Kier molecular flexibility index (Phi) is 6.22. The molecular formula is C19H26N6O4S. The SMILES string of the molecule is CNS(=O)(=O)c1ccc(N2CCN(c3cc(C)nc(C(C)C)n3)CC2)c([N+](=O)[O-])c1. The highest BCUT2D eigenvalue weighted by Gasteiger charge is 2.27. The van der Waals surface area contributed by atoms with Crippen molar-refractivity contribution in [2.45, 2.75) is 31.6 Å². The lowest BCUT2D eigenvalue weighted by Crippen LogP contribution is -2.47. The summed E-state index contributed by atoms with van der Waals surface area (Å²) in [6.45, 7) is 8.43. The molecule has 1 N–H and O–H groups in total. The molecule has 3 rings (SSSR count). The zero-order valence-electron chi connectivity index (χ0n) is 17.5. The number of anilines is 2. The van der Waals surface area contributed by atoms with E-state index in [-0.39, 0.29) is 16.5 Å². The van der Waals surface area contributed by atoms with Crippen LogP contribution in [0.4, 0.5) is 17.2 Å². The van der Waals surface area contributed by atoms with Crippen molar-refractivity contribution in [1.29, 1.82) is 0 Å². The second-order valence-electron chi connectivity index (χ2n) is 7.47. The Morgan fingerprint density at radius 3 is 2.30 bits per heavy atom. The molecule has 1 aromatic carbocycles. The summed E-state index contributed by atoms with van der Waals surface area (Å²) in [5.74, 6) is 1.88. The fourth-order valence-corrected chi connectivity index (χ4v) is 4.12. The van der Waals surface area contributed by atoms with Gasteiger partial charge in [-0.2, -0.15) is 0 Å². The third-order valence-electron chi connectivity index (χ3n) is 5.04. The first-order valence-electron chi connectivity index (χ1n) is 9.70. The topological polar surface area (TPSA) is 122 Å². The minimum Gasteiger partial charge on any atom is -0.362 e. The van der Waals surface area contributed by atoms with Gasteiger partial charge in [0, 0.05) is 49.9 Å². The Morgan fingerprint density at radius 1 is 1.10 bits per heavy atom. The van der Waals surface area contributed by atoms with Crippen molar-refractivity contribution >= 4 is 27.2 Å². The van der Waals surface area contributed by atoms with Gasteiger partial charge in [0.25, 0.3) is 5.69 Å². The molecule has 30 heavy (non-hydrogen) atoms. The molecule has 0 spiro atoms. The van der Waals surface area contributed by atoms with Crippen LogP contribution in [0.15, 0.2) is 29.2 Å². The molecule has 0 bridgehead atoms. The van der Waals surface area contributed by atoms with E-state index in [0.717, 1.165) is 23.4 Å². The van der Waals surface area contributed by atoms with E-state index >= 15 is 0 Å². The Balaban J connectivity index is 1.82. The molecule has 0 amide bonds. The lowest BCUT2D eigenvalue weighted by molar-refractivity contribution is -0.384. The molecule has 2 heterocycles. The Hall–Kier alpha value is -2.79. The van der Waals surface area contributed by atoms with Crippen molar-refractivity contribution in [3.05, 3.63) is 45.9 Å². The van der Waals surface area contributed by atoms with Crippen LogP contribution in [0.3, 0.4) is 0 Å². The van der Waals surface area contributed by atoms with Crippen molar-refractivity contribution in [3.63, 3.8) is 0 Å². The van der Waals surface area contributed by atoms with Crippen molar-refractivity contribution < 1.29 is 13.3 Å². The lowest BCUT2D eigenvalue weighted by atomic mass is 10.2. The fourth-order valence-electron chi connectivity index (χ4n) is 3.37. The monoisotopic (exact) mass is 434 g/mol. The van der Waals surface area contributed by atoms with Gasteiger partial charge in [-0.05, 0) is 26.1 Å². The minimum absolute atomic E-state index is 0.128. The lowest BCUT2D eigenvalue weighted by Gasteiger charge is -2.36. The Labute approximate surface area is 176 Å². The van der Waals surface area contributed by atoms with E-state index < -0.39 is 14.9 Å². The van der Waals surface area contributed by atoms with Crippen LogP contribution in [0.5, 0.6) is 0 Å². The highest BCUT2D eigenvalue weighted by molar-refractivity contribution is 7.89. The highest BCUT2D eigenvalue weighted by Crippen LogP contribution is 2.32. The first kappa shape index (κ1) is 21.9. The number of nitro groups is 1. The molecule has 162 valence electrons. The zero-order chi connectivity index (χ0) is 22.1. The number of nitro benzene ring substituents is 1. The fraction of sp³-hybridized carbons (Fsp3) is 0.474. The van der Waals surface area contributed by atoms with Gasteiger partial charge in [-0.1, -0.05) is 13.8 Å². The largest absolute Gasteiger partial charge is 0.362 e. The van der Waals surface area contributed by atoms with E-state index in [0.29, 0.717) is 31.9 Å². The molecule has 0 aliphatic carbocycles. The number of benzene rings is 1. The number of nitrogens with zero attached hydrogens (tertiary/aromatic N) is 5. The smallest absolute Gasteiger partial charge is 0.293 e. The number of hydrogen-bond acceptors (Lipinski definition) is 8. The molecule has 0 atom stereocenters. The molecule has 0 unspecified atom stereocenters. The summed E-state index contributed by atoms with van der Waals surface area (Å²) in [5.41, 5.74) is 1.10. The summed E-state index contributed by atoms with van der Waals surface area (Å²) < 4.78 is 26.2. The molecule has 1 aliphatic heterocycles. The summed E-state index contributed by atoms with van der Waals surface area (Å²) in [4.78, 5) is 24.1. The van der Waals surface area contributed by atoms with Crippen LogP contribution in [0, 0.1) is 17.0 Å². The second kappa shape index (κ2) is 8.52. The molecule has 2 aromatic rings. The molecule has 1 saturated heterocycles. The van der Waals surface area contributed by atoms with E-state index in [1.807, 2.05) is 31.7 Å². The van der Waals surface area contributed by atoms with Crippen LogP contribution in [-0.4, -0.2) is 56.5 Å². The molecule has 10 nitrogen and oxygen atoms in total. The third-order valence-corrected chi connectivity index (χ3v) is 6.45. The summed E-state index contributed by atoms with van der Waals surface area (Å²) in [6, 6.07) is 5.95. The molecule has 0 radical (unpaired) electrons. The molecule has 1 aromatic heterocycles. The summed E-state index contributed by atoms with van der Waals surface area (Å²) in [6.07, 6.45) is 0. The highest BCUT2D eigenvalue weighted by atomic mass is 32.2. The van der Waals surface area contributed by atoms with Gasteiger partial charge >= 0.3 is 0 Å². The average molecular weight is 435 g/mol. The van der Waals surface area contributed by atoms with E-state index in [2.05, 4.69) is 19.6 Å². The Morgan fingerprint density at radius 2 is 1.73 bits per heavy atom. The van der Waals surface area contributed by atoms with Gasteiger partial charge in [-0.15, -0.1) is 0 Å². The van der Waals surface area contributed by atoms with Crippen molar-refractivity contribution in [1.82, 2.24) is 14.7 Å². The maximum Gasteiger partial charge on any atom is 0.293 e. The van der Waals surface area contributed by atoms with Crippen LogP contribution in [-0.2, 0) is 10.0 Å². The van der Waals surface area contributed by atoms with Gasteiger partial charge in [-0.3, -0.25) is 10.1 Å². The van der Waals surface area contributed by atoms with Gasteiger partial charge in [0.05, 0.1) is 9.82 Å². The zero-order valence-corrected chi connectivity index (χ0v) is 18.3. The predicted molar refractivity (Wildman–Crippen MR) is 115 cm³/mol. The van der Waals surface area contributed by atoms with E-state index in [9.17, 15) is 18.5 Å². The summed E-state index contributed by atoms with van der Waals surface area (Å²) in [7, 11) is -2.49. The summed E-state index contributed by atoms with van der Waals surface area (Å²) in [5, 5.41) is 11.6. The van der Waals surface area contributed by atoms with Crippen LogP contribution >= 0.6 is 0 Å². The summed E-state index contributed by atoms with van der Waals surface area (Å²) >= 11 is 0. The number of aryl methyl sites for hydroxylation is 1. The first-order valence-corrected chi connectivity index (χ1v) is 11.2. The predicted octanol–water partition coefficient (Wildman–Crippen LogP) is 2.05. The Bertz CT molecular complexity index is 1050. The quantitative estimate of drug-likeness (QED) is 0.541. The van der Waals surface area contributed by atoms with Crippen LogP contribution in [0.1, 0.15) is 31.3 Å². The number of aromatic nitrogens is 2. The standard InChI is InChI=1S/C19H26N6O4S/c1-13(2)19-21-14(3)11-18(22-19)24-9-7-23(8-10-24)16-6-5-15(30(28,29)20-4)12-17(16)25(26)27/h5-6,11-13,20H,7-10H2,1-4H3. The number of hydrogen-bond donors (Lipinski definition) is 1. The van der Waals surface area contributed by atoms with Crippen LogP contribution in [0.25, 0.3) is 0 Å². The van der Waals surface area contributed by atoms with Gasteiger partial charge < -0.3 is 9.80 Å². The number of piperazine rings is 1. The molecule has 11 heteroatoms. The number of sulfonamides is 1. The average Bonchev–Trinajstić information content (AvgIpc) is 2.72. The molecule has 1 aliphatic rings.